The van der Waals surface area contributed by atoms with Crippen LogP contribution in [0.5, 0.6) is 5.75 Å². The van der Waals surface area contributed by atoms with Crippen molar-refractivity contribution in [1.29, 1.82) is 0 Å². The molecule has 23 heavy (non-hydrogen) atoms. The molecule has 0 aliphatic carbocycles. The minimum absolute atomic E-state index is 0.219. The van der Waals surface area contributed by atoms with E-state index in [4.69, 9.17) is 4.74 Å². The van der Waals surface area contributed by atoms with E-state index in [2.05, 4.69) is 10.6 Å². The molecule has 0 spiro atoms. The van der Waals surface area contributed by atoms with Gasteiger partial charge in [0.1, 0.15) is 12.2 Å². The zero-order valence-corrected chi connectivity index (χ0v) is 13.3. The fraction of sp³-hybridized carbons (Fsp3) is 0.222. The SMILES string of the molecule is COc1ccccc1CNC(=O)CC(=O)Nc1ccccc1C. The molecule has 0 heterocycles. The molecular weight excluding hydrogens is 292 g/mol. The van der Waals surface area contributed by atoms with Gasteiger partial charge in [0.05, 0.1) is 7.11 Å². The summed E-state index contributed by atoms with van der Waals surface area (Å²) in [6, 6.07) is 14.9. The highest BCUT2D eigenvalue weighted by Gasteiger charge is 2.11. The van der Waals surface area contributed by atoms with Crippen LogP contribution >= 0.6 is 0 Å². The molecule has 5 heteroatoms. The number of nitrogens with one attached hydrogen (secondary N) is 2. The first-order chi connectivity index (χ1) is 11.1. The van der Waals surface area contributed by atoms with Crippen molar-refractivity contribution in [3.8, 4) is 5.75 Å². The molecule has 0 bridgehead atoms. The monoisotopic (exact) mass is 312 g/mol. The summed E-state index contributed by atoms with van der Waals surface area (Å²) in [5, 5.41) is 5.46. The van der Waals surface area contributed by atoms with Crippen molar-refractivity contribution in [3.05, 3.63) is 59.7 Å². The molecule has 2 aromatic carbocycles. The summed E-state index contributed by atoms with van der Waals surface area (Å²) >= 11 is 0. The average molecular weight is 312 g/mol. The number of hydrogen-bond donors (Lipinski definition) is 2. The lowest BCUT2D eigenvalue weighted by molar-refractivity contribution is -0.126. The molecule has 0 unspecified atom stereocenters. The lowest BCUT2D eigenvalue weighted by Crippen LogP contribution is -2.28. The molecule has 0 saturated carbocycles. The Kier molecular flexibility index (Phi) is 5.74. The molecule has 0 radical (unpaired) electrons. The second-order valence-electron chi connectivity index (χ2n) is 5.13. The van der Waals surface area contributed by atoms with Crippen LogP contribution in [0.15, 0.2) is 48.5 Å². The maximum Gasteiger partial charge on any atom is 0.233 e. The molecule has 0 aliphatic heterocycles. The van der Waals surface area contributed by atoms with Gasteiger partial charge in [-0.25, -0.2) is 0 Å². The summed E-state index contributed by atoms with van der Waals surface area (Å²) in [7, 11) is 1.58. The number of hydrogen-bond acceptors (Lipinski definition) is 3. The number of aryl methyl sites for hydroxylation is 1. The molecular formula is C18H20N2O3. The third kappa shape index (κ3) is 4.85. The molecule has 2 rings (SSSR count). The van der Waals surface area contributed by atoms with E-state index in [1.807, 2.05) is 49.4 Å². The Morgan fingerprint density at radius 1 is 1.00 bits per heavy atom. The van der Waals surface area contributed by atoms with Gasteiger partial charge in [0.2, 0.25) is 11.8 Å². The number of rotatable bonds is 6. The number of anilines is 1. The van der Waals surface area contributed by atoms with Crippen molar-refractivity contribution in [2.45, 2.75) is 19.9 Å². The Balaban J connectivity index is 1.85. The van der Waals surface area contributed by atoms with Crippen molar-refractivity contribution in [1.82, 2.24) is 5.32 Å². The van der Waals surface area contributed by atoms with Crippen LogP contribution in [0.25, 0.3) is 0 Å². The van der Waals surface area contributed by atoms with E-state index in [9.17, 15) is 9.59 Å². The first kappa shape index (κ1) is 16.5. The summed E-state index contributed by atoms with van der Waals surface area (Å²) in [6.07, 6.45) is -0.219. The number of para-hydroxylation sites is 2. The molecule has 0 fully saturated rings. The minimum Gasteiger partial charge on any atom is -0.496 e. The Bertz CT molecular complexity index is 698. The number of carbonyl (C=O) groups is 2. The van der Waals surface area contributed by atoms with E-state index in [1.54, 1.807) is 13.2 Å². The summed E-state index contributed by atoms with van der Waals surface area (Å²) in [6.45, 7) is 2.22. The van der Waals surface area contributed by atoms with E-state index in [-0.39, 0.29) is 18.2 Å². The van der Waals surface area contributed by atoms with Crippen LogP contribution < -0.4 is 15.4 Å². The third-order valence-electron chi connectivity index (χ3n) is 3.41. The summed E-state index contributed by atoms with van der Waals surface area (Å²) < 4.78 is 5.22. The van der Waals surface area contributed by atoms with Gasteiger partial charge in [-0.3, -0.25) is 9.59 Å². The standard InChI is InChI=1S/C18H20N2O3/c1-13-7-3-5-9-15(13)20-18(22)11-17(21)19-12-14-8-4-6-10-16(14)23-2/h3-10H,11-12H2,1-2H3,(H,19,21)(H,20,22). The maximum absolute atomic E-state index is 11.9. The van der Waals surface area contributed by atoms with Crippen LogP contribution in [0, 0.1) is 6.92 Å². The number of amides is 2. The second-order valence-corrected chi connectivity index (χ2v) is 5.13. The van der Waals surface area contributed by atoms with Gasteiger partial charge in [0.15, 0.2) is 0 Å². The molecule has 2 aromatic rings. The fourth-order valence-corrected chi connectivity index (χ4v) is 2.16. The zero-order chi connectivity index (χ0) is 16.7. The van der Waals surface area contributed by atoms with Crippen LogP contribution in [0.3, 0.4) is 0 Å². The second kappa shape index (κ2) is 7.98. The van der Waals surface area contributed by atoms with Crippen LogP contribution in [0.1, 0.15) is 17.5 Å². The Morgan fingerprint density at radius 3 is 2.43 bits per heavy atom. The largest absolute Gasteiger partial charge is 0.496 e. The smallest absolute Gasteiger partial charge is 0.233 e. The van der Waals surface area contributed by atoms with Gasteiger partial charge < -0.3 is 15.4 Å². The first-order valence-corrected chi connectivity index (χ1v) is 7.34. The van der Waals surface area contributed by atoms with Crippen LogP contribution in [0.2, 0.25) is 0 Å². The molecule has 2 amide bonds. The molecule has 120 valence electrons. The van der Waals surface area contributed by atoms with Gasteiger partial charge in [-0.1, -0.05) is 36.4 Å². The van der Waals surface area contributed by atoms with Crippen LogP contribution in [-0.2, 0) is 16.1 Å². The van der Waals surface area contributed by atoms with Gasteiger partial charge in [-0.05, 0) is 24.6 Å². The Hall–Kier alpha value is -2.82. The quantitative estimate of drug-likeness (QED) is 0.806. The van der Waals surface area contributed by atoms with Crippen molar-refractivity contribution < 1.29 is 14.3 Å². The number of benzene rings is 2. The van der Waals surface area contributed by atoms with E-state index < -0.39 is 0 Å². The van der Waals surface area contributed by atoms with Gasteiger partial charge in [0, 0.05) is 17.8 Å². The van der Waals surface area contributed by atoms with Crippen molar-refractivity contribution in [3.63, 3.8) is 0 Å². The van der Waals surface area contributed by atoms with E-state index in [0.717, 1.165) is 16.8 Å². The lowest BCUT2D eigenvalue weighted by atomic mass is 10.2. The van der Waals surface area contributed by atoms with Crippen molar-refractivity contribution in [2.24, 2.45) is 0 Å². The predicted molar refractivity (Wildman–Crippen MR) is 89.3 cm³/mol. The third-order valence-corrected chi connectivity index (χ3v) is 3.41. The highest BCUT2D eigenvalue weighted by atomic mass is 16.5. The molecule has 0 atom stereocenters. The van der Waals surface area contributed by atoms with E-state index in [1.165, 1.54) is 0 Å². The molecule has 0 aromatic heterocycles. The highest BCUT2D eigenvalue weighted by Crippen LogP contribution is 2.17. The molecule has 5 nitrogen and oxygen atoms in total. The average Bonchev–Trinajstić information content (AvgIpc) is 2.55. The Morgan fingerprint density at radius 2 is 1.70 bits per heavy atom. The van der Waals surface area contributed by atoms with Crippen molar-refractivity contribution in [2.75, 3.05) is 12.4 Å². The molecule has 2 N–H and O–H groups in total. The topological polar surface area (TPSA) is 67.4 Å². The van der Waals surface area contributed by atoms with Crippen LogP contribution in [-0.4, -0.2) is 18.9 Å². The van der Waals surface area contributed by atoms with Gasteiger partial charge in [-0.15, -0.1) is 0 Å². The van der Waals surface area contributed by atoms with Gasteiger partial charge in [0.25, 0.3) is 0 Å². The summed E-state index contributed by atoms with van der Waals surface area (Å²) in [4.78, 5) is 23.8. The Labute approximate surface area is 135 Å². The van der Waals surface area contributed by atoms with E-state index in [0.29, 0.717) is 12.3 Å². The van der Waals surface area contributed by atoms with Crippen LogP contribution in [0.4, 0.5) is 5.69 Å². The van der Waals surface area contributed by atoms with E-state index >= 15 is 0 Å². The number of ether oxygens (including phenoxy) is 1. The molecule has 0 aliphatic rings. The zero-order valence-electron chi connectivity index (χ0n) is 13.3. The predicted octanol–water partition coefficient (Wildman–Crippen LogP) is 2.65. The first-order valence-electron chi connectivity index (χ1n) is 7.34. The fourth-order valence-electron chi connectivity index (χ4n) is 2.16. The summed E-state index contributed by atoms with van der Waals surface area (Å²) in [5.41, 5.74) is 2.54. The number of carbonyl (C=O) groups excluding carboxylic acids is 2. The molecule has 0 saturated heterocycles. The highest BCUT2D eigenvalue weighted by molar-refractivity contribution is 6.03. The normalized spacial score (nSPS) is 10.0. The van der Waals surface area contributed by atoms with Gasteiger partial charge in [-0.2, -0.15) is 0 Å². The lowest BCUT2D eigenvalue weighted by Gasteiger charge is -2.10. The number of methoxy groups -OCH3 is 1. The maximum atomic E-state index is 11.9. The van der Waals surface area contributed by atoms with Crippen molar-refractivity contribution >= 4 is 17.5 Å². The minimum atomic E-state index is -0.336. The summed E-state index contributed by atoms with van der Waals surface area (Å²) in [5.74, 6) is 0.0379. The van der Waals surface area contributed by atoms with Gasteiger partial charge >= 0.3 is 0 Å².